The first-order valence-electron chi connectivity index (χ1n) is 4.80. The minimum Gasteiger partial charge on any atom is -0.383 e. The summed E-state index contributed by atoms with van der Waals surface area (Å²) in [6.45, 7) is 4.11. The molecule has 1 fully saturated rings. The van der Waals surface area contributed by atoms with Gasteiger partial charge < -0.3 is 15.4 Å². The molecule has 3 nitrogen and oxygen atoms in total. The standard InChI is InChI=1S/C9H20N2O/c1-12-8-9(10)7-11-5-3-2-4-6-11/h9H,2-8,10H2,1H3. The second kappa shape index (κ2) is 5.51. The van der Waals surface area contributed by atoms with Gasteiger partial charge in [-0.1, -0.05) is 6.42 Å². The fourth-order valence-corrected chi connectivity index (χ4v) is 1.74. The molecule has 1 aliphatic rings. The summed E-state index contributed by atoms with van der Waals surface area (Å²) in [6.07, 6.45) is 4.05. The average Bonchev–Trinajstić information content (AvgIpc) is 2.06. The van der Waals surface area contributed by atoms with E-state index in [0.29, 0.717) is 6.61 Å². The second-order valence-electron chi connectivity index (χ2n) is 3.58. The van der Waals surface area contributed by atoms with Crippen molar-refractivity contribution in [1.82, 2.24) is 4.90 Å². The lowest BCUT2D eigenvalue weighted by molar-refractivity contribution is 0.144. The number of hydrogen-bond donors (Lipinski definition) is 1. The van der Waals surface area contributed by atoms with E-state index in [0.717, 1.165) is 6.54 Å². The van der Waals surface area contributed by atoms with E-state index in [2.05, 4.69) is 4.90 Å². The van der Waals surface area contributed by atoms with Gasteiger partial charge in [0.15, 0.2) is 0 Å². The van der Waals surface area contributed by atoms with Crippen LogP contribution >= 0.6 is 0 Å². The Morgan fingerprint density at radius 1 is 1.33 bits per heavy atom. The number of piperidine rings is 1. The van der Waals surface area contributed by atoms with Gasteiger partial charge in [0.1, 0.15) is 0 Å². The van der Waals surface area contributed by atoms with Crippen molar-refractivity contribution in [2.45, 2.75) is 25.3 Å². The SMILES string of the molecule is COCC(N)CN1CCCCC1. The molecule has 0 bridgehead atoms. The monoisotopic (exact) mass is 172 g/mol. The van der Waals surface area contributed by atoms with Crippen LogP contribution in [0.2, 0.25) is 0 Å². The summed E-state index contributed by atoms with van der Waals surface area (Å²) >= 11 is 0. The summed E-state index contributed by atoms with van der Waals surface area (Å²) in [5, 5.41) is 0. The Morgan fingerprint density at radius 3 is 2.58 bits per heavy atom. The van der Waals surface area contributed by atoms with E-state index < -0.39 is 0 Å². The van der Waals surface area contributed by atoms with Gasteiger partial charge in [0.25, 0.3) is 0 Å². The average molecular weight is 172 g/mol. The van der Waals surface area contributed by atoms with Gasteiger partial charge >= 0.3 is 0 Å². The van der Waals surface area contributed by atoms with Crippen LogP contribution in [0.25, 0.3) is 0 Å². The topological polar surface area (TPSA) is 38.5 Å². The van der Waals surface area contributed by atoms with E-state index in [1.807, 2.05) is 0 Å². The fourth-order valence-electron chi connectivity index (χ4n) is 1.74. The van der Waals surface area contributed by atoms with E-state index >= 15 is 0 Å². The molecule has 1 heterocycles. The molecule has 0 aliphatic carbocycles. The molecular formula is C9H20N2O. The first kappa shape index (κ1) is 9.96. The number of ether oxygens (including phenoxy) is 1. The maximum Gasteiger partial charge on any atom is 0.0626 e. The first-order chi connectivity index (χ1) is 5.83. The largest absolute Gasteiger partial charge is 0.383 e. The van der Waals surface area contributed by atoms with E-state index in [-0.39, 0.29) is 6.04 Å². The van der Waals surface area contributed by atoms with Gasteiger partial charge in [-0.2, -0.15) is 0 Å². The maximum absolute atomic E-state index is 5.85. The predicted molar refractivity (Wildman–Crippen MR) is 50.1 cm³/mol. The van der Waals surface area contributed by atoms with Crippen LogP contribution in [0.3, 0.4) is 0 Å². The van der Waals surface area contributed by atoms with Crippen molar-refractivity contribution in [2.24, 2.45) is 5.73 Å². The minimum atomic E-state index is 0.188. The normalized spacial score (nSPS) is 22.5. The van der Waals surface area contributed by atoms with Crippen LogP contribution in [0.1, 0.15) is 19.3 Å². The molecule has 12 heavy (non-hydrogen) atoms. The molecule has 0 spiro atoms. The lowest BCUT2D eigenvalue weighted by Gasteiger charge is -2.28. The van der Waals surface area contributed by atoms with E-state index in [1.54, 1.807) is 7.11 Å². The number of nitrogens with zero attached hydrogens (tertiary/aromatic N) is 1. The second-order valence-corrected chi connectivity index (χ2v) is 3.58. The van der Waals surface area contributed by atoms with Crippen LogP contribution < -0.4 is 5.73 Å². The van der Waals surface area contributed by atoms with Crippen molar-refractivity contribution in [3.63, 3.8) is 0 Å². The molecule has 0 aromatic carbocycles. The Balaban J connectivity index is 2.11. The molecule has 1 saturated heterocycles. The highest BCUT2D eigenvalue weighted by molar-refractivity contribution is 4.70. The van der Waals surface area contributed by atoms with Gasteiger partial charge in [-0.15, -0.1) is 0 Å². The molecule has 3 heteroatoms. The molecule has 0 amide bonds. The maximum atomic E-state index is 5.85. The Labute approximate surface area is 74.9 Å². The third-order valence-electron chi connectivity index (χ3n) is 2.32. The highest BCUT2D eigenvalue weighted by Crippen LogP contribution is 2.08. The highest BCUT2D eigenvalue weighted by Gasteiger charge is 2.12. The Morgan fingerprint density at radius 2 is 2.00 bits per heavy atom. The number of nitrogens with two attached hydrogens (primary N) is 1. The summed E-state index contributed by atoms with van der Waals surface area (Å²) in [5.74, 6) is 0. The molecule has 72 valence electrons. The predicted octanol–water partition coefficient (Wildman–Crippen LogP) is 0.446. The molecule has 2 N–H and O–H groups in total. The van der Waals surface area contributed by atoms with Gasteiger partial charge in [0.2, 0.25) is 0 Å². The molecule has 1 unspecified atom stereocenters. The molecule has 1 rings (SSSR count). The number of methoxy groups -OCH3 is 1. The summed E-state index contributed by atoms with van der Waals surface area (Å²) in [4.78, 5) is 2.44. The van der Waals surface area contributed by atoms with E-state index in [9.17, 15) is 0 Å². The van der Waals surface area contributed by atoms with E-state index in [1.165, 1.54) is 32.4 Å². The minimum absolute atomic E-state index is 0.188. The van der Waals surface area contributed by atoms with Crippen LogP contribution in [0, 0.1) is 0 Å². The van der Waals surface area contributed by atoms with E-state index in [4.69, 9.17) is 10.5 Å². The number of rotatable bonds is 4. The molecular weight excluding hydrogens is 152 g/mol. The van der Waals surface area contributed by atoms with Gasteiger partial charge in [0, 0.05) is 19.7 Å². The quantitative estimate of drug-likeness (QED) is 0.669. The molecule has 0 saturated carbocycles. The number of hydrogen-bond acceptors (Lipinski definition) is 3. The van der Waals surface area contributed by atoms with Gasteiger partial charge in [-0.3, -0.25) is 0 Å². The summed E-state index contributed by atoms with van der Waals surface area (Å²) < 4.78 is 4.99. The zero-order valence-electron chi connectivity index (χ0n) is 7.96. The summed E-state index contributed by atoms with van der Waals surface area (Å²) in [7, 11) is 1.70. The fraction of sp³-hybridized carbons (Fsp3) is 1.00. The zero-order valence-corrected chi connectivity index (χ0v) is 7.96. The molecule has 1 atom stereocenters. The van der Waals surface area contributed by atoms with Crippen molar-refractivity contribution in [2.75, 3.05) is 33.4 Å². The van der Waals surface area contributed by atoms with Crippen molar-refractivity contribution in [3.05, 3.63) is 0 Å². The Kier molecular flexibility index (Phi) is 4.58. The molecule has 0 aromatic heterocycles. The molecule has 1 aliphatic heterocycles. The summed E-state index contributed by atoms with van der Waals surface area (Å²) in [5.41, 5.74) is 5.85. The van der Waals surface area contributed by atoms with Crippen LogP contribution in [-0.2, 0) is 4.74 Å². The number of likely N-dealkylation sites (tertiary alicyclic amines) is 1. The van der Waals surface area contributed by atoms with Crippen molar-refractivity contribution in [1.29, 1.82) is 0 Å². The third kappa shape index (κ3) is 3.52. The molecule has 0 aromatic rings. The van der Waals surface area contributed by atoms with Crippen molar-refractivity contribution < 1.29 is 4.74 Å². The Hall–Kier alpha value is -0.120. The smallest absolute Gasteiger partial charge is 0.0626 e. The lowest BCUT2D eigenvalue weighted by Crippen LogP contribution is -2.42. The Bertz CT molecular complexity index is 113. The van der Waals surface area contributed by atoms with Crippen molar-refractivity contribution >= 4 is 0 Å². The zero-order chi connectivity index (χ0) is 8.81. The van der Waals surface area contributed by atoms with Crippen LogP contribution in [-0.4, -0.2) is 44.3 Å². The van der Waals surface area contributed by atoms with Crippen LogP contribution in [0.5, 0.6) is 0 Å². The highest BCUT2D eigenvalue weighted by atomic mass is 16.5. The lowest BCUT2D eigenvalue weighted by atomic mass is 10.1. The van der Waals surface area contributed by atoms with Gasteiger partial charge in [-0.25, -0.2) is 0 Å². The van der Waals surface area contributed by atoms with Crippen LogP contribution in [0.4, 0.5) is 0 Å². The van der Waals surface area contributed by atoms with Crippen molar-refractivity contribution in [3.8, 4) is 0 Å². The third-order valence-corrected chi connectivity index (χ3v) is 2.32. The molecule has 0 radical (unpaired) electrons. The van der Waals surface area contributed by atoms with Gasteiger partial charge in [0.05, 0.1) is 6.61 Å². The summed E-state index contributed by atoms with van der Waals surface area (Å²) in [6, 6.07) is 0.188. The first-order valence-corrected chi connectivity index (χ1v) is 4.80. The van der Waals surface area contributed by atoms with Gasteiger partial charge in [-0.05, 0) is 25.9 Å². The van der Waals surface area contributed by atoms with Crippen LogP contribution in [0.15, 0.2) is 0 Å².